The Bertz CT molecular complexity index is 302. The highest BCUT2D eigenvalue weighted by Crippen LogP contribution is 2.07. The molecule has 15 heavy (non-hydrogen) atoms. The van der Waals surface area contributed by atoms with Gasteiger partial charge in [-0.3, -0.25) is 4.98 Å². The first-order valence-electron chi connectivity index (χ1n) is 4.30. The molecule has 1 aromatic rings. The van der Waals surface area contributed by atoms with Crippen LogP contribution in [0.15, 0.2) is 18.5 Å². The molecule has 0 aliphatic heterocycles. The zero-order valence-corrected chi connectivity index (χ0v) is 8.13. The Balaban J connectivity index is 0.000000336. The summed E-state index contributed by atoms with van der Waals surface area (Å²) in [5.41, 5.74) is 4.97. The van der Waals surface area contributed by atoms with Gasteiger partial charge in [-0.15, -0.1) is 0 Å². The van der Waals surface area contributed by atoms with E-state index < -0.39 is 5.97 Å². The first kappa shape index (κ1) is 13.3. The van der Waals surface area contributed by atoms with Crippen molar-refractivity contribution < 1.29 is 20.1 Å². The molecule has 5 N–H and O–H groups in total. The molecule has 0 spiro atoms. The fourth-order valence-electron chi connectivity index (χ4n) is 0.636. The maximum Gasteiger partial charge on any atom is 0.337 e. The molecule has 0 aliphatic rings. The summed E-state index contributed by atoms with van der Waals surface area (Å²) >= 11 is 0. The number of hydrogen-bond donors (Lipinski definition) is 4. The fraction of sp³-hybridized carbons (Fsp3) is 0.333. The van der Waals surface area contributed by atoms with Crippen LogP contribution in [0.25, 0.3) is 0 Å². The van der Waals surface area contributed by atoms with E-state index in [1.54, 1.807) is 0 Å². The van der Waals surface area contributed by atoms with Crippen molar-refractivity contribution in [3.05, 3.63) is 24.0 Å². The van der Waals surface area contributed by atoms with Gasteiger partial charge in [-0.1, -0.05) is 0 Å². The average molecular weight is 214 g/mol. The van der Waals surface area contributed by atoms with Gasteiger partial charge in [0.1, 0.15) is 5.75 Å². The average Bonchev–Trinajstić information content (AvgIpc) is 2.20. The van der Waals surface area contributed by atoms with E-state index in [-0.39, 0.29) is 17.9 Å². The largest absolute Gasteiger partial charge is 0.506 e. The number of carboxylic acid groups (broad SMARTS) is 1. The predicted molar refractivity (Wildman–Crippen MR) is 53.6 cm³/mol. The number of carbonyl (C=O) groups is 1. The second-order valence-electron chi connectivity index (χ2n) is 2.60. The number of pyridine rings is 1. The molecule has 1 rings (SSSR count). The van der Waals surface area contributed by atoms with Gasteiger partial charge in [-0.05, 0) is 19.0 Å². The Kier molecular flexibility index (Phi) is 6.86. The second-order valence-corrected chi connectivity index (χ2v) is 2.60. The van der Waals surface area contributed by atoms with Crippen molar-refractivity contribution >= 4 is 5.97 Å². The van der Waals surface area contributed by atoms with Crippen LogP contribution in [0.4, 0.5) is 0 Å². The number of aliphatic hydroxyl groups excluding tert-OH is 1. The van der Waals surface area contributed by atoms with Gasteiger partial charge >= 0.3 is 5.97 Å². The standard InChI is InChI=1S/C6H5NO3.C3H9NO/c8-5-1-4(6(9)10)2-7-3-5;4-2-1-3-5/h1-3,8H,(H,9,10);5H,1-4H2. The van der Waals surface area contributed by atoms with E-state index >= 15 is 0 Å². The summed E-state index contributed by atoms with van der Waals surface area (Å²) in [6.45, 7) is 0.812. The molecule has 0 radical (unpaired) electrons. The lowest BCUT2D eigenvalue weighted by molar-refractivity contribution is 0.0696. The summed E-state index contributed by atoms with van der Waals surface area (Å²) in [5, 5.41) is 25.1. The highest BCUT2D eigenvalue weighted by molar-refractivity contribution is 5.87. The Morgan fingerprint density at radius 1 is 1.47 bits per heavy atom. The topological polar surface area (TPSA) is 117 Å². The van der Waals surface area contributed by atoms with Gasteiger partial charge in [0, 0.05) is 12.8 Å². The zero-order chi connectivity index (χ0) is 11.7. The maximum atomic E-state index is 10.2. The van der Waals surface area contributed by atoms with Crippen LogP contribution in [0.2, 0.25) is 0 Å². The summed E-state index contributed by atoms with van der Waals surface area (Å²) in [4.78, 5) is 13.7. The summed E-state index contributed by atoms with van der Waals surface area (Å²) in [6, 6.07) is 1.13. The number of carboxylic acids is 1. The normalized spacial score (nSPS) is 8.93. The molecular formula is C9H14N2O4. The molecule has 6 nitrogen and oxygen atoms in total. The molecule has 0 fully saturated rings. The van der Waals surface area contributed by atoms with Crippen molar-refractivity contribution in [2.45, 2.75) is 6.42 Å². The Morgan fingerprint density at radius 3 is 2.40 bits per heavy atom. The molecule has 1 heterocycles. The molecule has 0 saturated carbocycles. The van der Waals surface area contributed by atoms with Gasteiger partial charge in [0.15, 0.2) is 0 Å². The molecule has 1 aromatic heterocycles. The quantitative estimate of drug-likeness (QED) is 0.554. The van der Waals surface area contributed by atoms with Crippen molar-refractivity contribution in [3.8, 4) is 5.75 Å². The van der Waals surface area contributed by atoms with Gasteiger partial charge < -0.3 is 21.1 Å². The van der Waals surface area contributed by atoms with Crippen molar-refractivity contribution in [3.63, 3.8) is 0 Å². The Hall–Kier alpha value is -1.66. The van der Waals surface area contributed by atoms with Crippen LogP contribution in [-0.2, 0) is 0 Å². The number of hydrogen-bond acceptors (Lipinski definition) is 5. The van der Waals surface area contributed by atoms with Crippen LogP contribution >= 0.6 is 0 Å². The van der Waals surface area contributed by atoms with Gasteiger partial charge in [-0.25, -0.2) is 4.79 Å². The molecule has 0 amide bonds. The smallest absolute Gasteiger partial charge is 0.337 e. The highest BCUT2D eigenvalue weighted by atomic mass is 16.4. The van der Waals surface area contributed by atoms with E-state index in [0.717, 1.165) is 12.5 Å². The second kappa shape index (κ2) is 7.72. The molecule has 0 unspecified atom stereocenters. The summed E-state index contributed by atoms with van der Waals surface area (Å²) < 4.78 is 0. The van der Waals surface area contributed by atoms with E-state index in [4.69, 9.17) is 21.1 Å². The molecule has 6 heteroatoms. The van der Waals surface area contributed by atoms with E-state index in [9.17, 15) is 4.79 Å². The minimum atomic E-state index is -1.09. The van der Waals surface area contributed by atoms with Gasteiger partial charge in [0.05, 0.1) is 11.8 Å². The van der Waals surface area contributed by atoms with Crippen molar-refractivity contribution in [2.75, 3.05) is 13.2 Å². The van der Waals surface area contributed by atoms with Crippen LogP contribution in [0, 0.1) is 0 Å². The molecular weight excluding hydrogens is 200 g/mol. The van der Waals surface area contributed by atoms with Gasteiger partial charge in [-0.2, -0.15) is 0 Å². The third-order valence-corrected chi connectivity index (χ3v) is 1.33. The molecule has 0 bridgehead atoms. The lowest BCUT2D eigenvalue weighted by Gasteiger charge is -1.92. The first-order chi connectivity index (χ1) is 7.11. The zero-order valence-electron chi connectivity index (χ0n) is 8.13. The Morgan fingerprint density at radius 2 is 2.13 bits per heavy atom. The van der Waals surface area contributed by atoms with Crippen molar-refractivity contribution in [2.24, 2.45) is 5.73 Å². The lowest BCUT2D eigenvalue weighted by atomic mass is 10.3. The third-order valence-electron chi connectivity index (χ3n) is 1.33. The van der Waals surface area contributed by atoms with E-state index in [1.165, 1.54) is 12.4 Å². The molecule has 84 valence electrons. The minimum absolute atomic E-state index is 0.0139. The summed E-state index contributed by atoms with van der Waals surface area (Å²) in [7, 11) is 0. The van der Waals surface area contributed by atoms with Crippen LogP contribution < -0.4 is 5.73 Å². The number of rotatable bonds is 3. The molecule has 0 aromatic carbocycles. The van der Waals surface area contributed by atoms with Gasteiger partial charge in [0.25, 0.3) is 0 Å². The summed E-state index contributed by atoms with van der Waals surface area (Å²) in [5.74, 6) is -1.23. The number of aromatic hydroxyl groups is 1. The molecule has 0 aliphatic carbocycles. The Labute approximate surface area is 87.0 Å². The first-order valence-corrected chi connectivity index (χ1v) is 4.30. The van der Waals surface area contributed by atoms with E-state index in [1.807, 2.05) is 0 Å². The maximum absolute atomic E-state index is 10.2. The third kappa shape index (κ3) is 6.42. The summed E-state index contributed by atoms with van der Waals surface area (Å²) in [6.07, 6.45) is 3.06. The molecule has 0 saturated heterocycles. The SMILES string of the molecule is NCCCO.O=C(O)c1cncc(O)c1. The van der Waals surface area contributed by atoms with E-state index in [0.29, 0.717) is 6.54 Å². The van der Waals surface area contributed by atoms with Crippen LogP contribution in [-0.4, -0.2) is 39.4 Å². The highest BCUT2D eigenvalue weighted by Gasteiger charge is 2.01. The number of aliphatic hydroxyl groups is 1. The number of nitrogens with two attached hydrogens (primary N) is 1. The minimum Gasteiger partial charge on any atom is -0.506 e. The monoisotopic (exact) mass is 214 g/mol. The number of nitrogens with zero attached hydrogens (tertiary/aromatic N) is 1. The predicted octanol–water partition coefficient (Wildman–Crippen LogP) is -0.187. The van der Waals surface area contributed by atoms with Crippen LogP contribution in [0.5, 0.6) is 5.75 Å². The van der Waals surface area contributed by atoms with Crippen molar-refractivity contribution in [1.82, 2.24) is 4.98 Å². The number of aromatic carboxylic acids is 1. The van der Waals surface area contributed by atoms with Crippen LogP contribution in [0.1, 0.15) is 16.8 Å². The van der Waals surface area contributed by atoms with Crippen molar-refractivity contribution in [1.29, 1.82) is 0 Å². The lowest BCUT2D eigenvalue weighted by Crippen LogP contribution is -1.99. The van der Waals surface area contributed by atoms with E-state index in [2.05, 4.69) is 4.98 Å². The molecule has 0 atom stereocenters. The fourth-order valence-corrected chi connectivity index (χ4v) is 0.636. The van der Waals surface area contributed by atoms with Gasteiger partial charge in [0.2, 0.25) is 0 Å². The van der Waals surface area contributed by atoms with Crippen LogP contribution in [0.3, 0.4) is 0 Å². The number of aromatic nitrogens is 1.